The van der Waals surface area contributed by atoms with Crippen LogP contribution in [0.4, 0.5) is 5.69 Å². The lowest BCUT2D eigenvalue weighted by Gasteiger charge is -2.26. The standard InChI is InChI=1S/C27H22Cl3NO6/c1-4-37-17-10-5-7-14(11-17)22-20(24(33)27(34)31(22)16-9-6-8-15(28)12-16)23(32)18-13-19(29)26(36-3)21(30)25(18)35-2/h5-13,22,32H,4H2,1-3H3/b23-20+. The van der Waals surface area contributed by atoms with Gasteiger partial charge in [-0.15, -0.1) is 0 Å². The number of carbonyl (C=O) groups excluding carboxylic acids is 2. The molecule has 1 heterocycles. The summed E-state index contributed by atoms with van der Waals surface area (Å²) in [6.07, 6.45) is 0. The maximum absolute atomic E-state index is 13.5. The Morgan fingerprint density at radius 1 is 0.973 bits per heavy atom. The van der Waals surface area contributed by atoms with Crippen LogP contribution < -0.4 is 19.1 Å². The number of hydrogen-bond donors (Lipinski definition) is 1. The van der Waals surface area contributed by atoms with Gasteiger partial charge in [0.25, 0.3) is 11.7 Å². The number of ether oxygens (including phenoxy) is 3. The molecular weight excluding hydrogens is 541 g/mol. The van der Waals surface area contributed by atoms with Crippen LogP contribution in [0.25, 0.3) is 5.76 Å². The fourth-order valence-corrected chi connectivity index (χ4v) is 5.14. The van der Waals surface area contributed by atoms with E-state index in [1.807, 2.05) is 6.92 Å². The van der Waals surface area contributed by atoms with Crippen molar-refractivity contribution in [3.8, 4) is 17.2 Å². The number of methoxy groups -OCH3 is 2. The van der Waals surface area contributed by atoms with Gasteiger partial charge < -0.3 is 19.3 Å². The van der Waals surface area contributed by atoms with E-state index >= 15 is 0 Å². The van der Waals surface area contributed by atoms with Crippen molar-refractivity contribution in [1.29, 1.82) is 0 Å². The number of aliphatic hydroxyl groups is 1. The van der Waals surface area contributed by atoms with Gasteiger partial charge in [0.15, 0.2) is 11.5 Å². The number of carbonyl (C=O) groups is 2. The SMILES string of the molecule is CCOc1cccc(C2/C(=C(\O)c3cc(Cl)c(OC)c(Cl)c3OC)C(=O)C(=O)N2c2cccc(Cl)c2)c1. The van der Waals surface area contributed by atoms with Crippen molar-refractivity contribution in [3.63, 3.8) is 0 Å². The number of amides is 1. The molecule has 10 heteroatoms. The molecule has 1 amide bonds. The molecule has 1 aliphatic heterocycles. The van der Waals surface area contributed by atoms with Gasteiger partial charge in [0.2, 0.25) is 0 Å². The van der Waals surface area contributed by atoms with E-state index in [0.717, 1.165) is 0 Å². The minimum Gasteiger partial charge on any atom is -0.507 e. The summed E-state index contributed by atoms with van der Waals surface area (Å²) >= 11 is 19.0. The Morgan fingerprint density at radius 2 is 1.68 bits per heavy atom. The zero-order valence-corrected chi connectivity index (χ0v) is 22.3. The third kappa shape index (κ3) is 4.82. The van der Waals surface area contributed by atoms with Crippen LogP contribution in [-0.4, -0.2) is 37.6 Å². The van der Waals surface area contributed by atoms with Crippen LogP contribution in [-0.2, 0) is 9.59 Å². The molecule has 0 saturated carbocycles. The molecule has 192 valence electrons. The molecule has 4 rings (SSSR count). The number of rotatable bonds is 7. The van der Waals surface area contributed by atoms with Crippen LogP contribution in [0.1, 0.15) is 24.1 Å². The van der Waals surface area contributed by atoms with E-state index in [1.165, 1.54) is 25.2 Å². The zero-order chi connectivity index (χ0) is 26.9. The Labute approximate surface area is 228 Å². The van der Waals surface area contributed by atoms with Gasteiger partial charge in [0.1, 0.15) is 16.5 Å². The van der Waals surface area contributed by atoms with Crippen molar-refractivity contribution >= 4 is 57.9 Å². The molecule has 3 aromatic carbocycles. The molecule has 1 saturated heterocycles. The second-order valence-corrected chi connectivity index (χ2v) is 9.16. The van der Waals surface area contributed by atoms with E-state index in [4.69, 9.17) is 49.0 Å². The predicted molar refractivity (Wildman–Crippen MR) is 143 cm³/mol. The van der Waals surface area contributed by atoms with Gasteiger partial charge in [0.05, 0.1) is 43.0 Å². The van der Waals surface area contributed by atoms with Crippen LogP contribution >= 0.6 is 34.8 Å². The van der Waals surface area contributed by atoms with E-state index in [0.29, 0.717) is 28.6 Å². The van der Waals surface area contributed by atoms with Gasteiger partial charge in [-0.05, 0) is 48.9 Å². The molecule has 1 aliphatic rings. The average molecular weight is 563 g/mol. The van der Waals surface area contributed by atoms with Crippen molar-refractivity contribution in [3.05, 3.63) is 86.4 Å². The Balaban J connectivity index is 2.02. The lowest BCUT2D eigenvalue weighted by atomic mass is 9.94. The summed E-state index contributed by atoms with van der Waals surface area (Å²) in [5.74, 6) is -1.58. The van der Waals surface area contributed by atoms with Gasteiger partial charge in [-0.2, -0.15) is 0 Å². The molecule has 1 N–H and O–H groups in total. The highest BCUT2D eigenvalue weighted by Gasteiger charge is 2.47. The highest BCUT2D eigenvalue weighted by Crippen LogP contribution is 2.48. The number of ketones is 1. The first kappa shape index (κ1) is 26.7. The van der Waals surface area contributed by atoms with Crippen molar-refractivity contribution in [1.82, 2.24) is 0 Å². The van der Waals surface area contributed by atoms with Crippen molar-refractivity contribution in [2.24, 2.45) is 0 Å². The highest BCUT2D eigenvalue weighted by molar-refractivity contribution is 6.52. The van der Waals surface area contributed by atoms with E-state index in [2.05, 4.69) is 0 Å². The number of hydrogen-bond acceptors (Lipinski definition) is 6. The Bertz CT molecular complexity index is 1420. The van der Waals surface area contributed by atoms with Gasteiger partial charge in [-0.25, -0.2) is 0 Å². The maximum Gasteiger partial charge on any atom is 0.300 e. The molecule has 1 atom stereocenters. The van der Waals surface area contributed by atoms with Gasteiger partial charge in [-0.1, -0.05) is 53.0 Å². The summed E-state index contributed by atoms with van der Waals surface area (Å²) in [7, 11) is 2.73. The summed E-state index contributed by atoms with van der Waals surface area (Å²) in [5, 5.41) is 12.0. The van der Waals surface area contributed by atoms with E-state index < -0.39 is 23.5 Å². The van der Waals surface area contributed by atoms with Crippen molar-refractivity contribution in [2.75, 3.05) is 25.7 Å². The lowest BCUT2D eigenvalue weighted by Crippen LogP contribution is -2.29. The van der Waals surface area contributed by atoms with Crippen molar-refractivity contribution < 1.29 is 28.9 Å². The predicted octanol–water partition coefficient (Wildman–Crippen LogP) is 6.69. The van der Waals surface area contributed by atoms with E-state index in [9.17, 15) is 14.7 Å². The molecule has 1 fully saturated rings. The lowest BCUT2D eigenvalue weighted by molar-refractivity contribution is -0.132. The molecular formula is C27H22Cl3NO6. The third-order valence-electron chi connectivity index (χ3n) is 5.81. The molecule has 0 aromatic heterocycles. The number of Topliss-reactive ketones (excluding diaryl/α,β-unsaturated/α-hetero) is 1. The van der Waals surface area contributed by atoms with Gasteiger partial charge in [-0.3, -0.25) is 14.5 Å². The molecule has 0 bridgehead atoms. The summed E-state index contributed by atoms with van der Waals surface area (Å²) in [6.45, 7) is 2.26. The molecule has 7 nitrogen and oxygen atoms in total. The molecule has 3 aromatic rings. The average Bonchev–Trinajstić information content (AvgIpc) is 3.14. The molecule has 0 spiro atoms. The van der Waals surface area contributed by atoms with Gasteiger partial charge in [0, 0.05) is 10.7 Å². The van der Waals surface area contributed by atoms with Crippen LogP contribution in [0.2, 0.25) is 15.1 Å². The summed E-state index contributed by atoms with van der Waals surface area (Å²) in [6, 6.07) is 13.8. The van der Waals surface area contributed by atoms with E-state index in [1.54, 1.807) is 48.5 Å². The largest absolute Gasteiger partial charge is 0.507 e. The molecule has 0 aliphatic carbocycles. The smallest absolute Gasteiger partial charge is 0.300 e. The third-order valence-corrected chi connectivity index (χ3v) is 6.67. The Morgan fingerprint density at radius 3 is 2.32 bits per heavy atom. The summed E-state index contributed by atoms with van der Waals surface area (Å²) in [5.41, 5.74) is 0.733. The fourth-order valence-electron chi connectivity index (χ4n) is 4.27. The fraction of sp³-hybridized carbons (Fsp3) is 0.185. The number of benzene rings is 3. The second-order valence-electron chi connectivity index (χ2n) is 7.94. The Kier molecular flexibility index (Phi) is 7.87. The first-order valence-corrected chi connectivity index (χ1v) is 12.3. The molecule has 1 unspecified atom stereocenters. The number of nitrogens with zero attached hydrogens (tertiary/aromatic N) is 1. The normalized spacial score (nSPS) is 16.7. The first-order chi connectivity index (χ1) is 17.7. The number of aliphatic hydroxyl groups excluding tert-OH is 1. The zero-order valence-electron chi connectivity index (χ0n) is 20.1. The first-order valence-electron chi connectivity index (χ1n) is 11.1. The van der Waals surface area contributed by atoms with Crippen LogP contribution in [0.15, 0.2) is 60.2 Å². The minimum absolute atomic E-state index is 0.00184. The van der Waals surface area contributed by atoms with Gasteiger partial charge >= 0.3 is 0 Å². The number of anilines is 1. The second kappa shape index (κ2) is 10.9. The number of halogens is 3. The van der Waals surface area contributed by atoms with E-state index in [-0.39, 0.29) is 32.7 Å². The monoisotopic (exact) mass is 561 g/mol. The van der Waals surface area contributed by atoms with Crippen LogP contribution in [0.3, 0.4) is 0 Å². The quantitative estimate of drug-likeness (QED) is 0.196. The molecule has 0 radical (unpaired) electrons. The maximum atomic E-state index is 13.5. The summed E-state index contributed by atoms with van der Waals surface area (Å²) in [4.78, 5) is 28.2. The summed E-state index contributed by atoms with van der Waals surface area (Å²) < 4.78 is 16.3. The molecule has 37 heavy (non-hydrogen) atoms. The van der Waals surface area contributed by atoms with Crippen molar-refractivity contribution in [2.45, 2.75) is 13.0 Å². The highest BCUT2D eigenvalue weighted by atomic mass is 35.5. The Hall–Kier alpha value is -3.39. The topological polar surface area (TPSA) is 85.3 Å². The minimum atomic E-state index is -1.02. The van der Waals surface area contributed by atoms with Crippen LogP contribution in [0.5, 0.6) is 17.2 Å². The van der Waals surface area contributed by atoms with Crippen LogP contribution in [0, 0.1) is 0 Å².